The number of rotatable bonds is 7. The molecule has 1 saturated carbocycles. The molecule has 0 radical (unpaired) electrons. The first-order chi connectivity index (χ1) is 15.2. The molecule has 3 atom stereocenters. The van der Waals surface area contributed by atoms with Gasteiger partial charge in [0.1, 0.15) is 18.6 Å². The molecule has 7 nitrogen and oxygen atoms in total. The molecule has 0 spiro atoms. The number of halogens is 2. The lowest BCUT2D eigenvalue weighted by Gasteiger charge is -2.17. The second-order valence-electron chi connectivity index (χ2n) is 8.03. The number of benzene rings is 2. The maximum Gasteiger partial charge on any atom is 0.407 e. The van der Waals surface area contributed by atoms with Crippen LogP contribution in [0.3, 0.4) is 0 Å². The van der Waals surface area contributed by atoms with E-state index in [1.54, 1.807) is 0 Å². The number of nitrogens with one attached hydrogen (secondary N) is 2. The third-order valence-corrected chi connectivity index (χ3v) is 6.04. The van der Waals surface area contributed by atoms with Crippen molar-refractivity contribution in [2.45, 2.75) is 24.8 Å². The lowest BCUT2D eigenvalue weighted by atomic mass is 9.98. The van der Waals surface area contributed by atoms with Crippen molar-refractivity contribution in [1.29, 1.82) is 0 Å². The monoisotopic (exact) mass is 444 g/mol. The molecule has 9 heteroatoms. The summed E-state index contributed by atoms with van der Waals surface area (Å²) in [4.78, 5) is 35.1. The molecule has 0 heterocycles. The molecule has 0 aromatic heterocycles. The van der Waals surface area contributed by atoms with Crippen molar-refractivity contribution >= 4 is 18.0 Å². The predicted molar refractivity (Wildman–Crippen MR) is 110 cm³/mol. The fraction of sp³-hybridized carbons (Fsp3) is 0.348. The molecule has 168 valence electrons. The summed E-state index contributed by atoms with van der Waals surface area (Å²) in [5.74, 6) is -9.03. The van der Waals surface area contributed by atoms with E-state index in [1.807, 2.05) is 48.5 Å². The molecule has 4 rings (SSSR count). The smallest absolute Gasteiger partial charge is 0.407 e. The van der Waals surface area contributed by atoms with Crippen molar-refractivity contribution in [3.05, 3.63) is 59.7 Å². The van der Waals surface area contributed by atoms with Gasteiger partial charge in [-0.05, 0) is 29.2 Å². The SMILES string of the molecule is C[C@H](NC(=O)OCC1c2ccccc2-c2ccccc21)C(=O)NCC1C(C(=O)O)C1(F)F. The zero-order valence-electron chi connectivity index (χ0n) is 17.2. The number of alkyl carbamates (subject to hydrolysis) is 1. The van der Waals surface area contributed by atoms with E-state index in [1.165, 1.54) is 6.92 Å². The van der Waals surface area contributed by atoms with Gasteiger partial charge in [0, 0.05) is 12.5 Å². The van der Waals surface area contributed by atoms with E-state index in [0.717, 1.165) is 22.3 Å². The van der Waals surface area contributed by atoms with Crippen LogP contribution in [0.4, 0.5) is 13.6 Å². The number of carbonyl (C=O) groups excluding carboxylic acids is 2. The normalized spacial score (nSPS) is 21.1. The highest BCUT2D eigenvalue weighted by atomic mass is 19.3. The minimum absolute atomic E-state index is 0.0722. The molecule has 0 aliphatic heterocycles. The number of ether oxygens (including phenoxy) is 1. The summed E-state index contributed by atoms with van der Waals surface area (Å²) in [6, 6.07) is 14.7. The Morgan fingerprint density at radius 2 is 1.62 bits per heavy atom. The summed E-state index contributed by atoms with van der Waals surface area (Å²) >= 11 is 0. The highest BCUT2D eigenvalue weighted by Gasteiger charge is 2.72. The highest BCUT2D eigenvalue weighted by molar-refractivity contribution is 5.85. The van der Waals surface area contributed by atoms with Gasteiger partial charge in [-0.25, -0.2) is 13.6 Å². The van der Waals surface area contributed by atoms with Crippen LogP contribution in [0.1, 0.15) is 24.0 Å². The molecule has 3 N–H and O–H groups in total. The van der Waals surface area contributed by atoms with Gasteiger partial charge in [-0.2, -0.15) is 0 Å². The second-order valence-corrected chi connectivity index (χ2v) is 8.03. The van der Waals surface area contributed by atoms with Crippen LogP contribution in [0, 0.1) is 11.8 Å². The molecule has 1 fully saturated rings. The molecule has 0 saturated heterocycles. The van der Waals surface area contributed by atoms with E-state index in [-0.39, 0.29) is 12.5 Å². The summed E-state index contributed by atoms with van der Waals surface area (Å²) in [6.07, 6.45) is -0.810. The number of fused-ring (bicyclic) bond motifs is 3. The first-order valence-electron chi connectivity index (χ1n) is 10.2. The standard InChI is InChI=1S/C23H22F2N2O5/c1-12(20(28)26-10-18-19(21(29)30)23(18,24)25)27-22(31)32-11-17-15-8-4-2-6-13(15)14-7-3-5-9-16(14)17/h2-9,12,17-19H,10-11H2,1H3,(H,26,28)(H,27,31)(H,29,30)/t12-,18?,19?/m0/s1. The van der Waals surface area contributed by atoms with Crippen molar-refractivity contribution in [1.82, 2.24) is 10.6 Å². The molecule has 2 aliphatic carbocycles. The topological polar surface area (TPSA) is 105 Å². The quantitative estimate of drug-likeness (QED) is 0.609. The Morgan fingerprint density at radius 3 is 2.16 bits per heavy atom. The molecular formula is C23H22F2N2O5. The van der Waals surface area contributed by atoms with Gasteiger partial charge < -0.3 is 20.5 Å². The largest absolute Gasteiger partial charge is 0.481 e. The molecule has 32 heavy (non-hydrogen) atoms. The van der Waals surface area contributed by atoms with Crippen LogP contribution in [0.2, 0.25) is 0 Å². The highest BCUT2D eigenvalue weighted by Crippen LogP contribution is 2.54. The van der Waals surface area contributed by atoms with E-state index in [2.05, 4.69) is 10.6 Å². The van der Waals surface area contributed by atoms with Gasteiger partial charge >= 0.3 is 12.1 Å². The minimum Gasteiger partial charge on any atom is -0.481 e. The molecule has 2 aromatic rings. The van der Waals surface area contributed by atoms with Gasteiger partial charge in [0.25, 0.3) is 5.92 Å². The van der Waals surface area contributed by atoms with Crippen LogP contribution in [-0.2, 0) is 14.3 Å². The number of hydrogen-bond acceptors (Lipinski definition) is 4. The average molecular weight is 444 g/mol. The number of carboxylic acid groups (broad SMARTS) is 1. The Hall–Kier alpha value is -3.49. The molecule has 2 unspecified atom stereocenters. The Kier molecular flexibility index (Phi) is 5.58. The Balaban J connectivity index is 1.29. The second kappa shape index (κ2) is 8.22. The van der Waals surface area contributed by atoms with Gasteiger partial charge in [0.05, 0.1) is 5.92 Å². The number of carboxylic acids is 1. The lowest BCUT2D eigenvalue weighted by molar-refractivity contribution is -0.141. The molecule has 2 aromatic carbocycles. The van der Waals surface area contributed by atoms with Crippen LogP contribution in [0.15, 0.2) is 48.5 Å². The number of amides is 2. The lowest BCUT2D eigenvalue weighted by Crippen LogP contribution is -2.46. The summed E-state index contributed by atoms with van der Waals surface area (Å²) in [5, 5.41) is 13.4. The third kappa shape index (κ3) is 3.90. The van der Waals surface area contributed by atoms with E-state index in [9.17, 15) is 23.2 Å². The van der Waals surface area contributed by atoms with Crippen LogP contribution < -0.4 is 10.6 Å². The summed E-state index contributed by atoms with van der Waals surface area (Å²) < 4.78 is 32.2. The van der Waals surface area contributed by atoms with Crippen LogP contribution >= 0.6 is 0 Å². The first-order valence-corrected chi connectivity index (χ1v) is 10.2. The fourth-order valence-corrected chi connectivity index (χ4v) is 4.23. The van der Waals surface area contributed by atoms with Crippen LogP contribution in [0.25, 0.3) is 11.1 Å². The maximum atomic E-state index is 13.4. The Bertz CT molecular complexity index is 1030. The minimum atomic E-state index is -3.34. The molecule has 0 bridgehead atoms. The number of alkyl halides is 2. The van der Waals surface area contributed by atoms with Gasteiger partial charge in [0.2, 0.25) is 5.91 Å². The first kappa shape index (κ1) is 21.7. The molecule has 2 aliphatic rings. The van der Waals surface area contributed by atoms with E-state index in [4.69, 9.17) is 9.84 Å². The summed E-state index contributed by atoms with van der Waals surface area (Å²) in [6.45, 7) is 0.971. The zero-order valence-corrected chi connectivity index (χ0v) is 17.2. The van der Waals surface area contributed by atoms with E-state index < -0.39 is 48.3 Å². The summed E-state index contributed by atoms with van der Waals surface area (Å²) in [7, 11) is 0. The molecule has 2 amide bonds. The maximum absolute atomic E-state index is 13.4. The Morgan fingerprint density at radius 1 is 1.06 bits per heavy atom. The van der Waals surface area contributed by atoms with Crippen LogP contribution in [-0.4, -0.2) is 48.2 Å². The average Bonchev–Trinajstić information content (AvgIpc) is 3.17. The number of aliphatic carboxylic acids is 1. The van der Waals surface area contributed by atoms with Crippen molar-refractivity contribution in [2.75, 3.05) is 13.2 Å². The van der Waals surface area contributed by atoms with Crippen molar-refractivity contribution in [2.24, 2.45) is 11.8 Å². The zero-order chi connectivity index (χ0) is 23.0. The van der Waals surface area contributed by atoms with Gasteiger partial charge in [-0.15, -0.1) is 0 Å². The third-order valence-electron chi connectivity index (χ3n) is 6.04. The van der Waals surface area contributed by atoms with Gasteiger partial charge in [-0.1, -0.05) is 48.5 Å². The predicted octanol–water partition coefficient (Wildman–Crippen LogP) is 3.00. The summed E-state index contributed by atoms with van der Waals surface area (Å²) in [5.41, 5.74) is 4.26. The van der Waals surface area contributed by atoms with Gasteiger partial charge in [-0.3, -0.25) is 9.59 Å². The Labute approximate surface area is 182 Å². The fourth-order valence-electron chi connectivity index (χ4n) is 4.23. The van der Waals surface area contributed by atoms with E-state index in [0.29, 0.717) is 0 Å². The van der Waals surface area contributed by atoms with Crippen molar-refractivity contribution in [3.63, 3.8) is 0 Å². The van der Waals surface area contributed by atoms with Gasteiger partial charge in [0.15, 0.2) is 0 Å². The van der Waals surface area contributed by atoms with Crippen LogP contribution in [0.5, 0.6) is 0 Å². The van der Waals surface area contributed by atoms with Crippen molar-refractivity contribution < 1.29 is 33.0 Å². The molecular weight excluding hydrogens is 422 g/mol. The van der Waals surface area contributed by atoms with E-state index >= 15 is 0 Å². The number of hydrogen-bond donors (Lipinski definition) is 3. The van der Waals surface area contributed by atoms with Crippen molar-refractivity contribution in [3.8, 4) is 11.1 Å². The number of carbonyl (C=O) groups is 3.